The highest BCUT2D eigenvalue weighted by atomic mass is 16.2. The number of fused-ring (bicyclic) bond motifs is 1. The number of allylic oxidation sites excluding steroid dienone is 1. The maximum atomic E-state index is 13.2. The Bertz CT molecular complexity index is 1200. The first-order valence-electron chi connectivity index (χ1n) is 11.0. The fraction of sp³-hybridized carbons (Fsp3) is 0.222. The number of carbonyl (C=O) groups is 2. The summed E-state index contributed by atoms with van der Waals surface area (Å²) in [7, 11) is 0. The minimum atomic E-state index is -0.343. The van der Waals surface area contributed by atoms with Crippen molar-refractivity contribution in [3.8, 4) is 6.07 Å². The van der Waals surface area contributed by atoms with E-state index in [0.717, 1.165) is 21.9 Å². The maximum Gasteiger partial charge on any atom is 0.267 e. The zero-order valence-corrected chi connectivity index (χ0v) is 18.9. The molecule has 0 saturated heterocycles. The monoisotopic (exact) mass is 440 g/mol. The number of rotatable bonds is 9. The Hall–Kier alpha value is -4.11. The summed E-state index contributed by atoms with van der Waals surface area (Å²) < 4.78 is 0. The smallest absolute Gasteiger partial charge is 0.267 e. The van der Waals surface area contributed by atoms with Gasteiger partial charge < -0.3 is 16.0 Å². The number of hydrogen-bond donors (Lipinski definition) is 3. The first-order chi connectivity index (χ1) is 16.0. The first kappa shape index (κ1) is 23.6. The first-order valence-corrected chi connectivity index (χ1v) is 11.0. The third kappa shape index (κ3) is 5.98. The van der Waals surface area contributed by atoms with Crippen LogP contribution in [-0.4, -0.2) is 18.4 Å². The molecule has 0 heterocycles. The Balaban J connectivity index is 1.75. The van der Waals surface area contributed by atoms with Crippen molar-refractivity contribution in [2.45, 2.75) is 32.9 Å². The van der Waals surface area contributed by atoms with Crippen LogP contribution >= 0.6 is 0 Å². The average molecular weight is 441 g/mol. The van der Waals surface area contributed by atoms with E-state index in [2.05, 4.69) is 34.1 Å². The third-order valence-electron chi connectivity index (χ3n) is 5.35. The van der Waals surface area contributed by atoms with E-state index in [1.165, 1.54) is 0 Å². The van der Waals surface area contributed by atoms with Crippen LogP contribution in [0.2, 0.25) is 0 Å². The minimum absolute atomic E-state index is 0.0629. The highest BCUT2D eigenvalue weighted by Gasteiger charge is 2.17. The zero-order valence-electron chi connectivity index (χ0n) is 18.9. The predicted octanol–water partition coefficient (Wildman–Crippen LogP) is 4.35. The molecule has 0 bridgehead atoms. The quantitative estimate of drug-likeness (QED) is 0.341. The Kier molecular flexibility index (Phi) is 8.20. The van der Waals surface area contributed by atoms with E-state index in [9.17, 15) is 9.59 Å². The molecule has 1 unspecified atom stereocenters. The topological polar surface area (TPSA) is 94.0 Å². The molecule has 6 heteroatoms. The van der Waals surface area contributed by atoms with Gasteiger partial charge in [0.05, 0.1) is 17.8 Å². The normalized spacial score (nSPS) is 12.0. The number of hydrogen-bond acceptors (Lipinski definition) is 4. The van der Waals surface area contributed by atoms with Gasteiger partial charge in [0.15, 0.2) is 0 Å². The van der Waals surface area contributed by atoms with E-state index in [1.807, 2.05) is 62.4 Å². The lowest BCUT2D eigenvalue weighted by Crippen LogP contribution is -2.33. The predicted molar refractivity (Wildman–Crippen MR) is 130 cm³/mol. The highest BCUT2D eigenvalue weighted by Crippen LogP contribution is 2.24. The van der Waals surface area contributed by atoms with Gasteiger partial charge in [-0.25, -0.2) is 0 Å². The second-order valence-corrected chi connectivity index (χ2v) is 7.64. The molecule has 6 nitrogen and oxygen atoms in total. The molecule has 3 N–H and O–H groups in total. The SMILES string of the molecule is CC/C=C(/NCc1ccccc1C(=O)NC(C)c1cccc2ccccc12)C(=O)NCC#N. The fourth-order valence-corrected chi connectivity index (χ4v) is 3.73. The number of benzene rings is 3. The molecule has 3 rings (SSSR count). The molecule has 0 aromatic heterocycles. The molecule has 3 aromatic rings. The fourth-order valence-electron chi connectivity index (χ4n) is 3.73. The molecule has 0 radical (unpaired) electrons. The lowest BCUT2D eigenvalue weighted by Gasteiger charge is -2.18. The van der Waals surface area contributed by atoms with Crippen LogP contribution in [0.15, 0.2) is 78.5 Å². The van der Waals surface area contributed by atoms with E-state index < -0.39 is 0 Å². The van der Waals surface area contributed by atoms with Crippen molar-refractivity contribution in [1.29, 1.82) is 5.26 Å². The summed E-state index contributed by atoms with van der Waals surface area (Å²) >= 11 is 0. The van der Waals surface area contributed by atoms with Gasteiger partial charge in [-0.15, -0.1) is 0 Å². The van der Waals surface area contributed by atoms with Crippen molar-refractivity contribution in [3.63, 3.8) is 0 Å². The van der Waals surface area contributed by atoms with Gasteiger partial charge in [-0.1, -0.05) is 73.7 Å². The van der Waals surface area contributed by atoms with Gasteiger partial charge in [-0.05, 0) is 41.3 Å². The second kappa shape index (κ2) is 11.5. The summed E-state index contributed by atoms with van der Waals surface area (Å²) in [5.41, 5.74) is 2.76. The van der Waals surface area contributed by atoms with Crippen LogP contribution in [0.1, 0.15) is 47.8 Å². The van der Waals surface area contributed by atoms with Crippen molar-refractivity contribution < 1.29 is 9.59 Å². The molecule has 0 spiro atoms. The highest BCUT2D eigenvalue weighted by molar-refractivity contribution is 5.97. The lowest BCUT2D eigenvalue weighted by molar-refractivity contribution is -0.117. The van der Waals surface area contributed by atoms with E-state index >= 15 is 0 Å². The van der Waals surface area contributed by atoms with Gasteiger partial charge in [0.1, 0.15) is 6.54 Å². The Labute approximate surface area is 194 Å². The summed E-state index contributed by atoms with van der Waals surface area (Å²) in [6.07, 6.45) is 2.42. The molecule has 1 atom stereocenters. The van der Waals surface area contributed by atoms with Crippen LogP contribution in [0.25, 0.3) is 10.8 Å². The van der Waals surface area contributed by atoms with Crippen molar-refractivity contribution in [3.05, 3.63) is 95.2 Å². The third-order valence-corrected chi connectivity index (χ3v) is 5.35. The Morgan fingerprint density at radius 3 is 2.52 bits per heavy atom. The number of carbonyl (C=O) groups excluding carboxylic acids is 2. The Morgan fingerprint density at radius 2 is 1.73 bits per heavy atom. The molecule has 33 heavy (non-hydrogen) atoms. The number of amides is 2. The molecule has 168 valence electrons. The van der Waals surface area contributed by atoms with Gasteiger partial charge in [0.25, 0.3) is 11.8 Å². The molecule has 0 fully saturated rings. The van der Waals surface area contributed by atoms with Crippen LogP contribution < -0.4 is 16.0 Å². The number of nitrogens with one attached hydrogen (secondary N) is 3. The van der Waals surface area contributed by atoms with Crippen LogP contribution in [0.4, 0.5) is 0 Å². The molecule has 2 amide bonds. The van der Waals surface area contributed by atoms with Crippen molar-refractivity contribution >= 4 is 22.6 Å². The van der Waals surface area contributed by atoms with Crippen molar-refractivity contribution in [2.75, 3.05) is 6.54 Å². The summed E-state index contributed by atoms with van der Waals surface area (Å²) in [6.45, 7) is 4.14. The molecular weight excluding hydrogens is 412 g/mol. The van der Waals surface area contributed by atoms with Gasteiger partial charge in [-0.2, -0.15) is 5.26 Å². The van der Waals surface area contributed by atoms with E-state index in [-0.39, 0.29) is 24.4 Å². The largest absolute Gasteiger partial charge is 0.377 e. The van der Waals surface area contributed by atoms with E-state index in [1.54, 1.807) is 12.1 Å². The number of nitrogens with zero attached hydrogens (tertiary/aromatic N) is 1. The van der Waals surface area contributed by atoms with Crippen molar-refractivity contribution in [2.24, 2.45) is 0 Å². The summed E-state index contributed by atoms with van der Waals surface area (Å²) in [5.74, 6) is -0.521. The van der Waals surface area contributed by atoms with Gasteiger partial charge in [-0.3, -0.25) is 9.59 Å². The number of nitriles is 1. The molecule has 0 saturated carbocycles. The van der Waals surface area contributed by atoms with E-state index in [4.69, 9.17) is 5.26 Å². The van der Waals surface area contributed by atoms with E-state index in [0.29, 0.717) is 24.2 Å². The maximum absolute atomic E-state index is 13.2. The minimum Gasteiger partial charge on any atom is -0.377 e. The summed E-state index contributed by atoms with van der Waals surface area (Å²) in [4.78, 5) is 25.4. The molecule has 0 aliphatic heterocycles. The van der Waals surface area contributed by atoms with Gasteiger partial charge in [0.2, 0.25) is 0 Å². The summed E-state index contributed by atoms with van der Waals surface area (Å²) in [5, 5.41) is 19.7. The standard InChI is InChI=1S/C27H28N4O2/c1-3-9-25(27(33)29-17-16-28)30-18-21-11-5-7-14-24(21)26(32)31-19(2)22-15-8-12-20-10-4-6-13-23(20)22/h4-15,19,30H,3,17-18H2,1-2H3,(H,29,33)(H,31,32)/b25-9+. The van der Waals surface area contributed by atoms with Gasteiger partial charge >= 0.3 is 0 Å². The van der Waals surface area contributed by atoms with Crippen LogP contribution in [0.3, 0.4) is 0 Å². The lowest BCUT2D eigenvalue weighted by atomic mass is 9.99. The molecular formula is C27H28N4O2. The van der Waals surface area contributed by atoms with Crippen LogP contribution in [0, 0.1) is 11.3 Å². The second-order valence-electron chi connectivity index (χ2n) is 7.64. The molecule has 3 aromatic carbocycles. The average Bonchev–Trinajstić information content (AvgIpc) is 2.84. The van der Waals surface area contributed by atoms with Crippen LogP contribution in [-0.2, 0) is 11.3 Å². The van der Waals surface area contributed by atoms with Crippen molar-refractivity contribution in [1.82, 2.24) is 16.0 Å². The Morgan fingerprint density at radius 1 is 1.00 bits per heavy atom. The van der Waals surface area contributed by atoms with Crippen LogP contribution in [0.5, 0.6) is 0 Å². The summed E-state index contributed by atoms with van der Waals surface area (Å²) in [6, 6.07) is 23.2. The van der Waals surface area contributed by atoms with Gasteiger partial charge in [0, 0.05) is 12.1 Å². The molecule has 0 aliphatic carbocycles. The zero-order chi connectivity index (χ0) is 23.6. The molecule has 0 aliphatic rings.